The fourth-order valence-corrected chi connectivity index (χ4v) is 2.77. The van der Waals surface area contributed by atoms with E-state index in [-0.39, 0.29) is 6.10 Å². The molecule has 0 saturated heterocycles. The molecule has 0 spiro atoms. The maximum atomic E-state index is 9.76. The minimum atomic E-state index is -0.291. The molecule has 1 aliphatic carbocycles. The van der Waals surface area contributed by atoms with Crippen LogP contribution in [0.4, 0.5) is 0 Å². The molecule has 0 radical (unpaired) electrons. The molecule has 0 aliphatic heterocycles. The quantitative estimate of drug-likeness (QED) is 0.837. The number of halogens is 1. The molecule has 0 heterocycles. The molecule has 0 aromatic heterocycles. The fraction of sp³-hybridized carbons (Fsp3) is 0.250. The monoisotopic (exact) mass is 366 g/mol. The third kappa shape index (κ3) is 2.92. The highest BCUT2D eigenvalue weighted by Crippen LogP contribution is 2.33. The van der Waals surface area contributed by atoms with Gasteiger partial charge in [-0.15, -0.1) is 0 Å². The second-order valence-electron chi connectivity index (χ2n) is 4.83. The van der Waals surface area contributed by atoms with Gasteiger partial charge in [0.1, 0.15) is 12.4 Å². The number of aliphatic hydroxyl groups is 1. The lowest BCUT2D eigenvalue weighted by molar-refractivity contribution is 0.180. The number of aliphatic hydroxyl groups excluding tert-OH is 1. The Morgan fingerprint density at radius 3 is 2.74 bits per heavy atom. The third-order valence-corrected chi connectivity index (χ3v) is 4.20. The van der Waals surface area contributed by atoms with E-state index in [1.807, 2.05) is 12.1 Å². The van der Waals surface area contributed by atoms with Crippen LogP contribution in [0.15, 0.2) is 42.5 Å². The largest absolute Gasteiger partial charge is 0.489 e. The highest BCUT2D eigenvalue weighted by Gasteiger charge is 2.20. The van der Waals surface area contributed by atoms with Gasteiger partial charge in [0.15, 0.2) is 0 Å². The van der Waals surface area contributed by atoms with Gasteiger partial charge in [0.25, 0.3) is 0 Å². The van der Waals surface area contributed by atoms with Crippen molar-refractivity contribution in [3.63, 3.8) is 0 Å². The van der Waals surface area contributed by atoms with Crippen molar-refractivity contribution >= 4 is 22.6 Å². The van der Waals surface area contributed by atoms with Crippen LogP contribution in [0.5, 0.6) is 5.75 Å². The van der Waals surface area contributed by atoms with Crippen LogP contribution in [0.1, 0.15) is 29.2 Å². The molecular weight excluding hydrogens is 351 g/mol. The number of hydrogen-bond donors (Lipinski definition) is 1. The summed E-state index contributed by atoms with van der Waals surface area (Å²) in [5.41, 5.74) is 3.44. The van der Waals surface area contributed by atoms with Gasteiger partial charge in [-0.2, -0.15) is 0 Å². The normalized spacial score (nSPS) is 17.3. The lowest BCUT2D eigenvalue weighted by Crippen LogP contribution is -1.96. The number of aryl methyl sites for hydroxylation is 1. The van der Waals surface area contributed by atoms with Crippen molar-refractivity contribution in [2.24, 2.45) is 0 Å². The van der Waals surface area contributed by atoms with E-state index < -0.39 is 0 Å². The van der Waals surface area contributed by atoms with Crippen LogP contribution in [-0.4, -0.2) is 5.11 Å². The Morgan fingerprint density at radius 2 is 1.95 bits per heavy atom. The zero-order chi connectivity index (χ0) is 13.2. The van der Waals surface area contributed by atoms with Crippen molar-refractivity contribution in [1.29, 1.82) is 0 Å². The molecule has 1 N–H and O–H groups in total. The molecule has 1 atom stereocenters. The molecule has 3 heteroatoms. The van der Waals surface area contributed by atoms with Crippen LogP contribution in [-0.2, 0) is 13.0 Å². The van der Waals surface area contributed by atoms with Gasteiger partial charge in [0.05, 0.1) is 6.10 Å². The fourth-order valence-electron chi connectivity index (χ4n) is 2.41. The van der Waals surface area contributed by atoms with Crippen LogP contribution in [0.3, 0.4) is 0 Å². The number of benzene rings is 2. The Hall–Kier alpha value is -1.07. The summed E-state index contributed by atoms with van der Waals surface area (Å²) < 4.78 is 7.04. The van der Waals surface area contributed by atoms with E-state index in [2.05, 4.69) is 52.9 Å². The zero-order valence-corrected chi connectivity index (χ0v) is 12.6. The van der Waals surface area contributed by atoms with E-state index in [0.717, 1.165) is 24.2 Å². The maximum absolute atomic E-state index is 9.76. The van der Waals surface area contributed by atoms with Gasteiger partial charge < -0.3 is 9.84 Å². The Bertz CT molecular complexity index is 578. The first-order chi connectivity index (χ1) is 9.22. The van der Waals surface area contributed by atoms with E-state index >= 15 is 0 Å². The highest BCUT2D eigenvalue weighted by atomic mass is 127. The molecule has 0 bridgehead atoms. The van der Waals surface area contributed by atoms with Crippen LogP contribution in [0, 0.1) is 3.57 Å². The summed E-state index contributed by atoms with van der Waals surface area (Å²) in [7, 11) is 0. The van der Waals surface area contributed by atoms with Crippen LogP contribution < -0.4 is 4.74 Å². The summed E-state index contributed by atoms with van der Waals surface area (Å²) in [6.45, 7) is 0.582. The first-order valence-electron chi connectivity index (χ1n) is 6.40. The summed E-state index contributed by atoms with van der Waals surface area (Å²) in [6, 6.07) is 14.3. The van der Waals surface area contributed by atoms with Crippen LogP contribution >= 0.6 is 22.6 Å². The van der Waals surface area contributed by atoms with Crippen LogP contribution in [0.25, 0.3) is 0 Å². The molecular formula is C16H15IO2. The van der Waals surface area contributed by atoms with Gasteiger partial charge >= 0.3 is 0 Å². The average molecular weight is 366 g/mol. The Balaban J connectivity index is 1.69. The molecule has 2 aromatic carbocycles. The van der Waals surface area contributed by atoms with Crippen molar-refractivity contribution in [2.75, 3.05) is 0 Å². The van der Waals surface area contributed by atoms with Crippen molar-refractivity contribution in [1.82, 2.24) is 0 Å². The Morgan fingerprint density at radius 1 is 1.16 bits per heavy atom. The van der Waals surface area contributed by atoms with Crippen LogP contribution in [0.2, 0.25) is 0 Å². The summed E-state index contributed by atoms with van der Waals surface area (Å²) in [5, 5.41) is 9.76. The molecule has 2 nitrogen and oxygen atoms in total. The van der Waals surface area contributed by atoms with E-state index in [1.165, 1.54) is 14.7 Å². The molecule has 0 amide bonds. The lowest BCUT2D eigenvalue weighted by Gasteiger charge is -2.09. The molecule has 1 aliphatic rings. The van der Waals surface area contributed by atoms with Gasteiger partial charge in [0.2, 0.25) is 0 Å². The number of hydrogen-bond acceptors (Lipinski definition) is 2. The zero-order valence-electron chi connectivity index (χ0n) is 10.5. The standard InChI is InChI=1S/C16H15IO2/c17-13-4-1-11(2-5-13)10-19-14-6-7-15-12(9-14)3-8-16(15)18/h1-2,4-7,9,16,18H,3,8,10H2/t16-/m0/s1. The molecule has 98 valence electrons. The van der Waals surface area contributed by atoms with Gasteiger partial charge in [-0.25, -0.2) is 0 Å². The van der Waals surface area contributed by atoms with Crippen molar-refractivity contribution < 1.29 is 9.84 Å². The van der Waals surface area contributed by atoms with Gasteiger partial charge in [-0.3, -0.25) is 0 Å². The van der Waals surface area contributed by atoms with Gasteiger partial charge in [0, 0.05) is 3.57 Å². The van der Waals surface area contributed by atoms with Crippen molar-refractivity contribution in [3.8, 4) is 5.75 Å². The van der Waals surface area contributed by atoms with E-state index in [4.69, 9.17) is 4.74 Å². The first kappa shape index (κ1) is 12.9. The Labute approximate surface area is 126 Å². The predicted octanol–water partition coefficient (Wildman–Crippen LogP) is 3.85. The molecule has 0 fully saturated rings. The van der Waals surface area contributed by atoms with E-state index in [0.29, 0.717) is 6.61 Å². The van der Waals surface area contributed by atoms with Crippen molar-refractivity contribution in [3.05, 3.63) is 62.7 Å². The van der Waals surface area contributed by atoms with Gasteiger partial charge in [-0.1, -0.05) is 18.2 Å². The minimum Gasteiger partial charge on any atom is -0.489 e. The molecule has 19 heavy (non-hydrogen) atoms. The third-order valence-electron chi connectivity index (χ3n) is 3.48. The summed E-state index contributed by atoms with van der Waals surface area (Å²) >= 11 is 2.29. The lowest BCUT2D eigenvalue weighted by atomic mass is 10.1. The number of fused-ring (bicyclic) bond motifs is 1. The molecule has 3 rings (SSSR count). The number of rotatable bonds is 3. The highest BCUT2D eigenvalue weighted by molar-refractivity contribution is 14.1. The summed E-state index contributed by atoms with van der Waals surface area (Å²) in [4.78, 5) is 0. The smallest absolute Gasteiger partial charge is 0.120 e. The minimum absolute atomic E-state index is 0.291. The van der Waals surface area contributed by atoms with Crippen molar-refractivity contribution in [2.45, 2.75) is 25.6 Å². The van der Waals surface area contributed by atoms with E-state index in [9.17, 15) is 5.11 Å². The predicted molar refractivity (Wildman–Crippen MR) is 83.2 cm³/mol. The maximum Gasteiger partial charge on any atom is 0.120 e. The summed E-state index contributed by atoms with van der Waals surface area (Å²) in [6.07, 6.45) is 1.48. The molecule has 2 aromatic rings. The Kier molecular flexibility index (Phi) is 3.75. The van der Waals surface area contributed by atoms with Gasteiger partial charge in [-0.05, 0) is 76.4 Å². The topological polar surface area (TPSA) is 29.5 Å². The first-order valence-corrected chi connectivity index (χ1v) is 7.48. The second-order valence-corrected chi connectivity index (χ2v) is 6.08. The molecule has 0 unspecified atom stereocenters. The average Bonchev–Trinajstić information content (AvgIpc) is 2.79. The van der Waals surface area contributed by atoms with E-state index in [1.54, 1.807) is 0 Å². The molecule has 0 saturated carbocycles. The summed E-state index contributed by atoms with van der Waals surface area (Å²) in [5.74, 6) is 0.881. The number of ether oxygens (including phenoxy) is 1. The second kappa shape index (κ2) is 5.51. The SMILES string of the molecule is O[C@H]1CCc2cc(OCc3ccc(I)cc3)ccc21.